The minimum absolute atomic E-state index is 0.105. The molecule has 0 fully saturated rings. The van der Waals surface area contributed by atoms with Crippen molar-refractivity contribution in [2.24, 2.45) is 5.73 Å². The fraction of sp³-hybridized carbons (Fsp3) is 0.889. The van der Waals surface area contributed by atoms with Crippen LogP contribution < -0.4 is 10.5 Å². The topological polar surface area (TPSA) is 102 Å². The maximum Gasteiger partial charge on any atom is 0.421 e. The lowest BCUT2D eigenvalue weighted by Gasteiger charge is -2.35. The Labute approximate surface area is 102 Å². The molecule has 0 spiro atoms. The van der Waals surface area contributed by atoms with Gasteiger partial charge in [-0.1, -0.05) is 6.92 Å². The Morgan fingerprint density at radius 1 is 1.41 bits per heavy atom. The molecule has 3 N–H and O–H groups in total. The predicted octanol–water partition coefficient (Wildman–Crippen LogP) is 0.0365. The smallest absolute Gasteiger partial charge is 0.421 e. The summed E-state index contributed by atoms with van der Waals surface area (Å²) in [5, 5.41) is 0. The zero-order valence-electron chi connectivity index (χ0n) is 10.7. The lowest BCUT2D eigenvalue weighted by Crippen LogP contribution is -2.56. The van der Waals surface area contributed by atoms with Crippen LogP contribution in [-0.2, 0) is 14.9 Å². The third-order valence-electron chi connectivity index (χ3n) is 2.24. The summed E-state index contributed by atoms with van der Waals surface area (Å²) in [5.41, 5.74) is 4.75. The van der Waals surface area contributed by atoms with Gasteiger partial charge in [0.15, 0.2) is 0 Å². The van der Waals surface area contributed by atoms with Crippen LogP contribution in [0.5, 0.6) is 0 Å². The Kier molecular flexibility index (Phi) is 5.86. The number of rotatable bonds is 6. The number of nitrogens with zero attached hydrogens (tertiary/aromatic N) is 1. The van der Waals surface area contributed by atoms with Crippen molar-refractivity contribution >= 4 is 16.3 Å². The van der Waals surface area contributed by atoms with Crippen LogP contribution in [0.4, 0.5) is 4.79 Å². The lowest BCUT2D eigenvalue weighted by atomic mass is 10.1. The van der Waals surface area contributed by atoms with Crippen molar-refractivity contribution in [3.63, 3.8) is 0 Å². The number of nitrogens with one attached hydrogen (secondary N) is 1. The molecule has 0 bridgehead atoms. The van der Waals surface area contributed by atoms with Gasteiger partial charge < -0.3 is 10.5 Å². The molecule has 102 valence electrons. The fourth-order valence-electron chi connectivity index (χ4n) is 1.35. The van der Waals surface area contributed by atoms with Gasteiger partial charge in [-0.15, -0.1) is 0 Å². The van der Waals surface area contributed by atoms with E-state index >= 15 is 0 Å². The van der Waals surface area contributed by atoms with Crippen molar-refractivity contribution in [2.45, 2.75) is 33.2 Å². The van der Waals surface area contributed by atoms with E-state index in [4.69, 9.17) is 5.73 Å². The maximum absolute atomic E-state index is 11.9. The summed E-state index contributed by atoms with van der Waals surface area (Å²) in [6.07, 6.45) is -0.987. The van der Waals surface area contributed by atoms with Crippen LogP contribution in [0, 0.1) is 0 Å². The third-order valence-corrected chi connectivity index (χ3v) is 4.00. The molecule has 0 aliphatic heterocycles. The number of carbonyl (C=O) groups is 1. The number of nitrogens with two attached hydrogens (primary N) is 1. The average molecular weight is 267 g/mol. The average Bonchev–Trinajstić information content (AvgIpc) is 2.16. The summed E-state index contributed by atoms with van der Waals surface area (Å²) in [5.74, 6) is 0. The molecule has 17 heavy (non-hydrogen) atoms. The van der Waals surface area contributed by atoms with Crippen molar-refractivity contribution in [3.05, 3.63) is 0 Å². The van der Waals surface area contributed by atoms with Gasteiger partial charge in [-0.25, -0.2) is 9.52 Å². The molecular weight excluding hydrogens is 246 g/mol. The molecular formula is C9H21N3O4S. The summed E-state index contributed by atoms with van der Waals surface area (Å²) in [4.78, 5) is 11.1. The van der Waals surface area contributed by atoms with Gasteiger partial charge in [0.05, 0.1) is 6.61 Å². The van der Waals surface area contributed by atoms with Crippen LogP contribution in [0.25, 0.3) is 0 Å². The minimum Gasteiger partial charge on any atom is -0.449 e. The van der Waals surface area contributed by atoms with E-state index in [9.17, 15) is 13.2 Å². The number of hydrogen-bond acceptors (Lipinski definition) is 5. The maximum atomic E-state index is 11.9. The highest BCUT2D eigenvalue weighted by Gasteiger charge is 2.35. The zero-order valence-corrected chi connectivity index (χ0v) is 11.5. The summed E-state index contributed by atoms with van der Waals surface area (Å²) < 4.78 is 31.3. The summed E-state index contributed by atoms with van der Waals surface area (Å²) in [7, 11) is -3.93. The molecule has 0 aromatic heterocycles. The molecule has 8 heteroatoms. The van der Waals surface area contributed by atoms with Gasteiger partial charge in [-0.05, 0) is 20.8 Å². The normalized spacial score (nSPS) is 12.6. The second-order valence-electron chi connectivity index (χ2n) is 4.01. The van der Waals surface area contributed by atoms with Gasteiger partial charge in [0.25, 0.3) is 0 Å². The number of carbonyl (C=O) groups excluding carboxylic acids is 1. The first kappa shape index (κ1) is 16.1. The molecule has 0 saturated carbocycles. The van der Waals surface area contributed by atoms with Gasteiger partial charge in [0.2, 0.25) is 0 Å². The minimum atomic E-state index is -3.93. The van der Waals surface area contributed by atoms with Crippen LogP contribution in [0.1, 0.15) is 27.7 Å². The Balaban J connectivity index is 4.95. The first-order valence-electron chi connectivity index (χ1n) is 5.38. The molecule has 0 radical (unpaired) electrons. The highest BCUT2D eigenvalue weighted by Crippen LogP contribution is 2.16. The highest BCUT2D eigenvalue weighted by molar-refractivity contribution is 7.87. The van der Waals surface area contributed by atoms with E-state index in [2.05, 4.69) is 4.74 Å². The van der Waals surface area contributed by atoms with Gasteiger partial charge in [-0.3, -0.25) is 0 Å². The summed E-state index contributed by atoms with van der Waals surface area (Å²) in [6.45, 7) is 7.08. The van der Waals surface area contributed by atoms with Crippen molar-refractivity contribution in [3.8, 4) is 0 Å². The van der Waals surface area contributed by atoms with Crippen molar-refractivity contribution in [1.29, 1.82) is 0 Å². The van der Waals surface area contributed by atoms with E-state index in [1.807, 2.05) is 4.72 Å². The molecule has 0 aromatic carbocycles. The Bertz CT molecular complexity index is 353. The van der Waals surface area contributed by atoms with Gasteiger partial charge in [0.1, 0.15) is 0 Å². The van der Waals surface area contributed by atoms with E-state index in [1.54, 1.807) is 27.7 Å². The van der Waals surface area contributed by atoms with Gasteiger partial charge in [-0.2, -0.15) is 12.7 Å². The second-order valence-corrected chi connectivity index (χ2v) is 5.60. The van der Waals surface area contributed by atoms with E-state index in [-0.39, 0.29) is 19.7 Å². The molecule has 0 unspecified atom stereocenters. The van der Waals surface area contributed by atoms with Crippen LogP contribution in [-0.4, -0.2) is 44.1 Å². The Morgan fingerprint density at radius 3 is 2.29 bits per heavy atom. The number of ether oxygens (including phenoxy) is 1. The van der Waals surface area contributed by atoms with E-state index in [0.717, 1.165) is 4.31 Å². The van der Waals surface area contributed by atoms with E-state index < -0.39 is 21.8 Å². The SMILES string of the molecule is CCOC(=O)NS(=O)(=O)N(CC)C(C)(C)CN. The second kappa shape index (κ2) is 6.18. The van der Waals surface area contributed by atoms with Crippen molar-refractivity contribution < 1.29 is 17.9 Å². The van der Waals surface area contributed by atoms with E-state index in [0.29, 0.717) is 0 Å². The van der Waals surface area contributed by atoms with Crippen molar-refractivity contribution in [1.82, 2.24) is 9.03 Å². The first-order valence-corrected chi connectivity index (χ1v) is 6.82. The lowest BCUT2D eigenvalue weighted by molar-refractivity contribution is 0.156. The third kappa shape index (κ3) is 4.49. The van der Waals surface area contributed by atoms with Crippen LogP contribution in [0.15, 0.2) is 0 Å². The van der Waals surface area contributed by atoms with Gasteiger partial charge >= 0.3 is 16.3 Å². The summed E-state index contributed by atoms with van der Waals surface area (Å²) in [6, 6.07) is 0. The molecule has 0 rings (SSSR count). The van der Waals surface area contributed by atoms with Crippen LogP contribution in [0.2, 0.25) is 0 Å². The molecule has 0 saturated heterocycles. The summed E-state index contributed by atoms with van der Waals surface area (Å²) >= 11 is 0. The van der Waals surface area contributed by atoms with E-state index in [1.165, 1.54) is 0 Å². The first-order chi connectivity index (χ1) is 7.71. The van der Waals surface area contributed by atoms with Crippen LogP contribution >= 0.6 is 0 Å². The Hall–Kier alpha value is -0.860. The highest BCUT2D eigenvalue weighted by atomic mass is 32.2. The quantitative estimate of drug-likeness (QED) is 0.707. The molecule has 0 atom stereocenters. The predicted molar refractivity (Wildman–Crippen MR) is 64.6 cm³/mol. The van der Waals surface area contributed by atoms with Gasteiger partial charge in [0, 0.05) is 18.6 Å². The molecule has 1 amide bonds. The molecule has 0 aliphatic rings. The standard InChI is InChI=1S/C9H21N3O4S/c1-5-12(9(3,4)7-10)17(14,15)11-8(13)16-6-2/h5-7,10H2,1-4H3,(H,11,13). The van der Waals surface area contributed by atoms with Crippen LogP contribution in [0.3, 0.4) is 0 Å². The Morgan fingerprint density at radius 2 is 1.94 bits per heavy atom. The molecule has 0 heterocycles. The number of likely N-dealkylation sites (N-methyl/N-ethyl adjacent to an activating group) is 1. The zero-order chi connectivity index (χ0) is 13.7. The fourth-order valence-corrected chi connectivity index (χ4v) is 2.79. The van der Waals surface area contributed by atoms with Crippen molar-refractivity contribution in [2.75, 3.05) is 19.7 Å². The molecule has 0 aliphatic carbocycles. The molecule has 7 nitrogen and oxygen atoms in total. The monoisotopic (exact) mass is 267 g/mol. The number of hydrogen-bond donors (Lipinski definition) is 2. The number of amides is 1. The molecule has 0 aromatic rings. The largest absolute Gasteiger partial charge is 0.449 e.